The lowest BCUT2D eigenvalue weighted by Crippen LogP contribution is -2.49. The molecule has 2 N–H and O–H groups in total. The number of nitrogens with one attached hydrogen (secondary N) is 2. The molecule has 9 heteroatoms. The summed E-state index contributed by atoms with van der Waals surface area (Å²) in [6, 6.07) is 4.19. The largest absolute Gasteiger partial charge is 0.490 e. The number of rotatable bonds is 6. The van der Waals surface area contributed by atoms with Crippen molar-refractivity contribution in [2.24, 2.45) is 0 Å². The highest BCUT2D eigenvalue weighted by Crippen LogP contribution is 2.30. The van der Waals surface area contributed by atoms with E-state index in [1.807, 2.05) is 0 Å². The number of carbonyl (C=O) groups excluding carboxylic acids is 4. The Morgan fingerprint density at radius 2 is 1.72 bits per heavy atom. The maximum absolute atomic E-state index is 12.3. The summed E-state index contributed by atoms with van der Waals surface area (Å²) in [5.41, 5.74) is -0.104. The van der Waals surface area contributed by atoms with E-state index in [1.165, 1.54) is 0 Å². The van der Waals surface area contributed by atoms with Crippen LogP contribution in [0.4, 0.5) is 4.79 Å². The molecule has 3 amide bonds. The van der Waals surface area contributed by atoms with Gasteiger partial charge in [-0.3, -0.25) is 19.7 Å². The monoisotopic (exact) mass is 406 g/mol. The maximum atomic E-state index is 12.3. The fourth-order valence-corrected chi connectivity index (χ4v) is 2.45. The molecule has 0 aliphatic carbocycles. The Morgan fingerprint density at radius 3 is 2.41 bits per heavy atom. The van der Waals surface area contributed by atoms with Crippen LogP contribution in [0.2, 0.25) is 0 Å². The van der Waals surface area contributed by atoms with Gasteiger partial charge < -0.3 is 19.5 Å². The fourth-order valence-electron chi connectivity index (χ4n) is 2.45. The summed E-state index contributed by atoms with van der Waals surface area (Å²) >= 11 is 0. The minimum Gasteiger partial charge on any atom is -0.490 e. The molecule has 0 bridgehead atoms. The predicted octanol–water partition coefficient (Wildman–Crippen LogP) is 1.98. The highest BCUT2D eigenvalue weighted by molar-refractivity contribution is 5.98. The summed E-state index contributed by atoms with van der Waals surface area (Å²) in [5.74, 6) is -0.638. The van der Waals surface area contributed by atoms with Crippen molar-refractivity contribution in [3.63, 3.8) is 0 Å². The minimum atomic E-state index is -0.755. The average molecular weight is 406 g/mol. The number of fused-ring (bicyclic) bond motifs is 1. The van der Waals surface area contributed by atoms with Crippen LogP contribution in [0, 0.1) is 0 Å². The van der Waals surface area contributed by atoms with Crippen LogP contribution in [0.5, 0.6) is 11.5 Å². The third-order valence-corrected chi connectivity index (χ3v) is 3.73. The first-order valence-electron chi connectivity index (χ1n) is 9.34. The van der Waals surface area contributed by atoms with E-state index in [4.69, 9.17) is 14.2 Å². The molecule has 0 atom stereocenters. The summed E-state index contributed by atoms with van der Waals surface area (Å²) in [7, 11) is 0. The summed E-state index contributed by atoms with van der Waals surface area (Å²) in [4.78, 5) is 47.3. The van der Waals surface area contributed by atoms with Gasteiger partial charge in [-0.2, -0.15) is 0 Å². The second-order valence-corrected chi connectivity index (χ2v) is 7.55. The molecule has 2 rings (SSSR count). The van der Waals surface area contributed by atoms with Gasteiger partial charge in [0.2, 0.25) is 0 Å². The van der Waals surface area contributed by atoms with Crippen LogP contribution in [0.25, 0.3) is 0 Å². The van der Waals surface area contributed by atoms with E-state index in [0.717, 1.165) is 6.42 Å². The highest BCUT2D eigenvalue weighted by Gasteiger charge is 2.18. The van der Waals surface area contributed by atoms with Crippen LogP contribution in [0.1, 0.15) is 50.4 Å². The summed E-state index contributed by atoms with van der Waals surface area (Å²) < 4.78 is 15.9. The van der Waals surface area contributed by atoms with E-state index in [9.17, 15) is 19.2 Å². The molecule has 0 saturated heterocycles. The number of benzene rings is 1. The molecule has 0 fully saturated rings. The van der Waals surface area contributed by atoms with Gasteiger partial charge in [-0.1, -0.05) is 0 Å². The van der Waals surface area contributed by atoms with Gasteiger partial charge in [0.1, 0.15) is 0 Å². The van der Waals surface area contributed by atoms with Gasteiger partial charge in [0.05, 0.1) is 19.6 Å². The van der Waals surface area contributed by atoms with Crippen molar-refractivity contribution in [1.29, 1.82) is 0 Å². The summed E-state index contributed by atoms with van der Waals surface area (Å²) in [5, 5.41) is 4.60. The number of amides is 3. The molecule has 0 spiro atoms. The van der Waals surface area contributed by atoms with Crippen molar-refractivity contribution in [1.82, 2.24) is 10.6 Å². The Hall–Kier alpha value is -3.10. The molecule has 29 heavy (non-hydrogen) atoms. The number of urea groups is 1. The van der Waals surface area contributed by atoms with E-state index in [-0.39, 0.29) is 18.6 Å². The summed E-state index contributed by atoms with van der Waals surface area (Å²) in [6.07, 6.45) is 0.495. The second kappa shape index (κ2) is 9.90. The molecule has 0 saturated carbocycles. The molecule has 1 aromatic carbocycles. The first-order chi connectivity index (χ1) is 13.6. The quantitative estimate of drug-likeness (QED) is 0.547. The summed E-state index contributed by atoms with van der Waals surface area (Å²) in [6.45, 7) is 5.74. The van der Waals surface area contributed by atoms with Crippen LogP contribution in [-0.2, 0) is 14.3 Å². The molecule has 1 aromatic rings. The molecule has 1 aliphatic rings. The van der Waals surface area contributed by atoms with Gasteiger partial charge in [0.25, 0.3) is 5.91 Å². The zero-order valence-electron chi connectivity index (χ0n) is 16.8. The Morgan fingerprint density at radius 1 is 1.03 bits per heavy atom. The van der Waals surface area contributed by atoms with Crippen molar-refractivity contribution < 1.29 is 33.4 Å². The highest BCUT2D eigenvalue weighted by atomic mass is 16.5. The SMILES string of the molecule is CC(C)(C)NC(=O)NC(=O)COC(=O)CCC(=O)c1ccc2c(c1)OCCCO2. The van der Waals surface area contributed by atoms with Gasteiger partial charge in [-0.05, 0) is 39.0 Å². The smallest absolute Gasteiger partial charge is 0.321 e. The van der Waals surface area contributed by atoms with Crippen LogP contribution in [-0.4, -0.2) is 49.1 Å². The molecule has 0 aromatic heterocycles. The fraction of sp³-hybridized carbons (Fsp3) is 0.500. The molecule has 158 valence electrons. The Balaban J connectivity index is 1.75. The zero-order valence-corrected chi connectivity index (χ0v) is 16.8. The van der Waals surface area contributed by atoms with Crippen LogP contribution in [0.3, 0.4) is 0 Å². The van der Waals surface area contributed by atoms with Crippen LogP contribution in [0.15, 0.2) is 18.2 Å². The molecular weight excluding hydrogens is 380 g/mol. The van der Waals surface area contributed by atoms with Gasteiger partial charge in [-0.15, -0.1) is 0 Å². The maximum Gasteiger partial charge on any atom is 0.321 e. The normalized spacial score (nSPS) is 13.1. The van der Waals surface area contributed by atoms with E-state index in [1.54, 1.807) is 39.0 Å². The molecule has 0 unspecified atom stereocenters. The third kappa shape index (κ3) is 7.81. The molecule has 9 nitrogen and oxygen atoms in total. The van der Waals surface area contributed by atoms with Gasteiger partial charge in [0, 0.05) is 23.9 Å². The van der Waals surface area contributed by atoms with Gasteiger partial charge >= 0.3 is 12.0 Å². The van der Waals surface area contributed by atoms with Crippen LogP contribution < -0.4 is 20.1 Å². The number of carbonyl (C=O) groups is 4. The lowest BCUT2D eigenvalue weighted by Gasteiger charge is -2.20. The Bertz CT molecular complexity index is 784. The molecule has 0 radical (unpaired) electrons. The van der Waals surface area contributed by atoms with Crippen LogP contribution >= 0.6 is 0 Å². The standard InChI is InChI=1S/C20H26N2O7/c1-20(2,3)22-19(26)21-17(24)12-29-18(25)8-6-14(23)13-5-7-15-16(11-13)28-10-4-9-27-15/h5,7,11H,4,6,8-10,12H2,1-3H3,(H2,21,22,24,26). The topological polar surface area (TPSA) is 120 Å². The van der Waals surface area contributed by atoms with Crippen molar-refractivity contribution in [3.8, 4) is 11.5 Å². The average Bonchev–Trinajstić information content (AvgIpc) is 2.87. The molecule has 1 aliphatic heterocycles. The lowest BCUT2D eigenvalue weighted by atomic mass is 10.1. The predicted molar refractivity (Wildman–Crippen MR) is 103 cm³/mol. The van der Waals surface area contributed by atoms with Gasteiger partial charge in [-0.25, -0.2) is 4.79 Å². The second-order valence-electron chi connectivity index (χ2n) is 7.55. The molecule has 1 heterocycles. The van der Waals surface area contributed by atoms with E-state index < -0.39 is 30.1 Å². The first kappa shape index (κ1) is 22.2. The molecular formula is C20H26N2O7. The van der Waals surface area contributed by atoms with Crippen molar-refractivity contribution in [3.05, 3.63) is 23.8 Å². The number of esters is 1. The number of ketones is 1. The van der Waals surface area contributed by atoms with Crippen molar-refractivity contribution in [2.45, 2.75) is 45.6 Å². The Labute approximate surface area is 169 Å². The zero-order chi connectivity index (χ0) is 21.4. The number of hydrogen-bond donors (Lipinski definition) is 2. The van der Waals surface area contributed by atoms with Crippen molar-refractivity contribution in [2.75, 3.05) is 19.8 Å². The number of Topliss-reactive ketones (excluding diaryl/α,β-unsaturated/α-hetero) is 1. The Kier molecular flexibility index (Phi) is 7.58. The number of ether oxygens (including phenoxy) is 3. The minimum absolute atomic E-state index is 0.0788. The third-order valence-electron chi connectivity index (χ3n) is 3.73. The number of imide groups is 1. The van der Waals surface area contributed by atoms with E-state index >= 15 is 0 Å². The van der Waals surface area contributed by atoms with E-state index in [2.05, 4.69) is 10.6 Å². The van der Waals surface area contributed by atoms with E-state index in [0.29, 0.717) is 30.3 Å². The first-order valence-corrected chi connectivity index (χ1v) is 9.34. The number of hydrogen-bond acceptors (Lipinski definition) is 7. The lowest BCUT2D eigenvalue weighted by molar-refractivity contribution is -0.148. The van der Waals surface area contributed by atoms with Crippen molar-refractivity contribution >= 4 is 23.7 Å². The van der Waals surface area contributed by atoms with Gasteiger partial charge in [0.15, 0.2) is 23.9 Å².